The molecule has 0 aliphatic heterocycles. The third kappa shape index (κ3) is 3.78. The quantitative estimate of drug-likeness (QED) is 0.828. The fraction of sp³-hybridized carbons (Fsp3) is 0.333. The summed E-state index contributed by atoms with van der Waals surface area (Å²) < 4.78 is 0. The van der Waals surface area contributed by atoms with E-state index in [1.807, 2.05) is 6.07 Å². The van der Waals surface area contributed by atoms with Crippen molar-refractivity contribution in [1.82, 2.24) is 5.32 Å². The molecule has 0 fully saturated rings. The van der Waals surface area contributed by atoms with Crippen LogP contribution >= 0.6 is 11.6 Å². The van der Waals surface area contributed by atoms with Crippen LogP contribution in [0.5, 0.6) is 0 Å². The Labute approximate surface area is 132 Å². The molecule has 0 radical (unpaired) electrons. The molecule has 0 aromatic heterocycles. The van der Waals surface area contributed by atoms with Crippen LogP contribution in [0.2, 0.25) is 5.02 Å². The molecule has 112 valence electrons. The number of hydrogen-bond acceptors (Lipinski definition) is 2. The highest BCUT2D eigenvalue weighted by Gasteiger charge is 2.11. The van der Waals surface area contributed by atoms with Crippen molar-refractivity contribution in [3.63, 3.8) is 0 Å². The van der Waals surface area contributed by atoms with E-state index in [-0.39, 0.29) is 6.04 Å². The van der Waals surface area contributed by atoms with Crippen LogP contribution in [0.1, 0.15) is 31.0 Å². The van der Waals surface area contributed by atoms with Gasteiger partial charge in [-0.3, -0.25) is 0 Å². The summed E-state index contributed by atoms with van der Waals surface area (Å²) in [6.45, 7) is 7.26. The predicted molar refractivity (Wildman–Crippen MR) is 92.8 cm³/mol. The number of aryl methyl sites for hydroxylation is 1. The van der Waals surface area contributed by atoms with Crippen molar-refractivity contribution >= 4 is 23.0 Å². The summed E-state index contributed by atoms with van der Waals surface area (Å²) in [7, 11) is 2.06. The molecule has 2 aromatic rings. The van der Waals surface area contributed by atoms with E-state index in [1.165, 1.54) is 5.56 Å². The van der Waals surface area contributed by atoms with Gasteiger partial charge >= 0.3 is 0 Å². The Morgan fingerprint density at radius 2 is 1.71 bits per heavy atom. The molecule has 0 aliphatic carbocycles. The van der Waals surface area contributed by atoms with Gasteiger partial charge in [0.1, 0.15) is 0 Å². The Morgan fingerprint density at radius 1 is 1.10 bits per heavy atom. The fourth-order valence-electron chi connectivity index (χ4n) is 2.41. The van der Waals surface area contributed by atoms with Gasteiger partial charge in [0.15, 0.2) is 0 Å². The maximum absolute atomic E-state index is 6.45. The minimum absolute atomic E-state index is 0.265. The van der Waals surface area contributed by atoms with Gasteiger partial charge < -0.3 is 10.2 Å². The van der Waals surface area contributed by atoms with Crippen LogP contribution in [-0.2, 0) is 0 Å². The van der Waals surface area contributed by atoms with Crippen LogP contribution in [0, 0.1) is 6.92 Å². The highest BCUT2D eigenvalue weighted by molar-refractivity contribution is 6.31. The molecule has 0 saturated carbocycles. The first-order valence-corrected chi connectivity index (χ1v) is 7.74. The number of rotatable bonds is 5. The summed E-state index contributed by atoms with van der Waals surface area (Å²) in [5, 5.41) is 4.20. The second kappa shape index (κ2) is 6.97. The summed E-state index contributed by atoms with van der Waals surface area (Å²) in [6, 6.07) is 15.0. The van der Waals surface area contributed by atoms with Crippen molar-refractivity contribution in [2.24, 2.45) is 0 Å². The largest absolute Gasteiger partial charge is 0.345 e. The lowest BCUT2D eigenvalue weighted by Gasteiger charge is -2.22. The van der Waals surface area contributed by atoms with E-state index in [0.29, 0.717) is 0 Å². The van der Waals surface area contributed by atoms with Crippen LogP contribution in [0.15, 0.2) is 42.5 Å². The minimum atomic E-state index is 0.265. The molecule has 0 heterocycles. The van der Waals surface area contributed by atoms with E-state index >= 15 is 0 Å². The van der Waals surface area contributed by atoms with E-state index in [1.54, 1.807) is 0 Å². The van der Waals surface area contributed by atoms with E-state index in [2.05, 4.69) is 74.4 Å². The lowest BCUT2D eigenvalue weighted by molar-refractivity contribution is 0.598. The molecule has 0 aliphatic rings. The second-order valence-electron chi connectivity index (χ2n) is 5.38. The number of halogens is 1. The van der Waals surface area contributed by atoms with Crippen molar-refractivity contribution < 1.29 is 0 Å². The van der Waals surface area contributed by atoms with Crippen molar-refractivity contribution in [3.8, 4) is 0 Å². The van der Waals surface area contributed by atoms with Crippen LogP contribution in [0.3, 0.4) is 0 Å². The van der Waals surface area contributed by atoms with Crippen LogP contribution in [-0.4, -0.2) is 13.6 Å². The van der Waals surface area contributed by atoms with Gasteiger partial charge in [0.2, 0.25) is 0 Å². The van der Waals surface area contributed by atoms with Gasteiger partial charge in [-0.05, 0) is 50.2 Å². The zero-order valence-corrected chi connectivity index (χ0v) is 13.9. The van der Waals surface area contributed by atoms with Crippen molar-refractivity contribution in [3.05, 3.63) is 58.6 Å². The third-order valence-electron chi connectivity index (χ3n) is 3.77. The fourth-order valence-corrected chi connectivity index (χ4v) is 2.75. The molecule has 0 spiro atoms. The van der Waals surface area contributed by atoms with Crippen LogP contribution in [0.4, 0.5) is 11.4 Å². The van der Waals surface area contributed by atoms with E-state index in [4.69, 9.17) is 11.6 Å². The molecule has 2 nitrogen and oxygen atoms in total. The molecule has 1 N–H and O–H groups in total. The molecule has 1 unspecified atom stereocenters. The van der Waals surface area contributed by atoms with Gasteiger partial charge in [0, 0.05) is 29.5 Å². The first-order valence-electron chi connectivity index (χ1n) is 7.36. The third-order valence-corrected chi connectivity index (χ3v) is 4.10. The molecule has 2 aromatic carbocycles. The van der Waals surface area contributed by atoms with Crippen molar-refractivity contribution in [1.29, 1.82) is 0 Å². The zero-order valence-electron chi connectivity index (χ0n) is 13.2. The summed E-state index contributed by atoms with van der Waals surface area (Å²) in [5.41, 5.74) is 4.65. The summed E-state index contributed by atoms with van der Waals surface area (Å²) >= 11 is 6.45. The van der Waals surface area contributed by atoms with Gasteiger partial charge in [0.05, 0.1) is 0 Å². The van der Waals surface area contributed by atoms with E-state index in [0.717, 1.165) is 28.5 Å². The molecule has 0 saturated heterocycles. The summed E-state index contributed by atoms with van der Waals surface area (Å²) in [4.78, 5) is 2.15. The monoisotopic (exact) mass is 302 g/mol. The maximum atomic E-state index is 6.45. The van der Waals surface area contributed by atoms with E-state index < -0.39 is 0 Å². The van der Waals surface area contributed by atoms with Gasteiger partial charge in [0.25, 0.3) is 0 Å². The number of benzene rings is 2. The molecule has 0 bridgehead atoms. The predicted octanol–water partition coefficient (Wildman–Crippen LogP) is 5.09. The lowest BCUT2D eigenvalue weighted by Crippen LogP contribution is -2.18. The number of nitrogens with zero attached hydrogens (tertiary/aromatic N) is 1. The number of nitrogens with one attached hydrogen (secondary N) is 1. The molecule has 3 heteroatoms. The number of anilines is 2. The first kappa shape index (κ1) is 15.9. The Bertz CT molecular complexity index is 593. The van der Waals surface area contributed by atoms with Crippen molar-refractivity contribution in [2.45, 2.75) is 26.8 Å². The Morgan fingerprint density at radius 3 is 2.29 bits per heavy atom. The van der Waals surface area contributed by atoms with Crippen LogP contribution in [0.25, 0.3) is 0 Å². The second-order valence-corrected chi connectivity index (χ2v) is 5.79. The molecule has 21 heavy (non-hydrogen) atoms. The highest BCUT2D eigenvalue weighted by atomic mass is 35.5. The number of hydrogen-bond donors (Lipinski definition) is 1. The maximum Gasteiger partial charge on any atom is 0.0474 e. The Hall–Kier alpha value is -1.51. The Kier molecular flexibility index (Phi) is 5.27. The first-order chi connectivity index (χ1) is 10.0. The highest BCUT2D eigenvalue weighted by Crippen LogP contribution is 2.30. The van der Waals surface area contributed by atoms with Crippen molar-refractivity contribution in [2.75, 3.05) is 18.5 Å². The molecular weight excluding hydrogens is 280 g/mol. The van der Waals surface area contributed by atoms with Gasteiger partial charge in [-0.2, -0.15) is 0 Å². The minimum Gasteiger partial charge on any atom is -0.345 e. The lowest BCUT2D eigenvalue weighted by atomic mass is 10.1. The molecular formula is C18H23ClN2. The SMILES string of the molecule is CCNC(C)c1ccc(N(C)c2ccc(C)cc2)cc1Cl. The molecule has 1 atom stereocenters. The average molecular weight is 303 g/mol. The van der Waals surface area contributed by atoms with E-state index in [9.17, 15) is 0 Å². The summed E-state index contributed by atoms with van der Waals surface area (Å²) in [5.74, 6) is 0. The Balaban J connectivity index is 2.25. The van der Waals surface area contributed by atoms with Gasteiger partial charge in [-0.25, -0.2) is 0 Å². The van der Waals surface area contributed by atoms with Crippen LogP contribution < -0.4 is 10.2 Å². The summed E-state index contributed by atoms with van der Waals surface area (Å²) in [6.07, 6.45) is 0. The standard InChI is InChI=1S/C18H23ClN2/c1-5-20-14(3)17-11-10-16(12-18(17)19)21(4)15-8-6-13(2)7-9-15/h6-12,14,20H,5H2,1-4H3. The normalized spacial score (nSPS) is 12.2. The topological polar surface area (TPSA) is 15.3 Å². The van der Waals surface area contributed by atoms with Gasteiger partial charge in [-0.15, -0.1) is 0 Å². The average Bonchev–Trinajstić information content (AvgIpc) is 2.47. The zero-order chi connectivity index (χ0) is 15.4. The molecule has 0 amide bonds. The smallest absolute Gasteiger partial charge is 0.0474 e. The molecule has 2 rings (SSSR count). The van der Waals surface area contributed by atoms with Gasteiger partial charge in [-0.1, -0.05) is 42.3 Å².